The van der Waals surface area contributed by atoms with Gasteiger partial charge in [-0.3, -0.25) is 0 Å². The predicted octanol–water partition coefficient (Wildman–Crippen LogP) is 1.66. The Morgan fingerprint density at radius 3 is 2.80 bits per heavy atom. The summed E-state index contributed by atoms with van der Waals surface area (Å²) >= 11 is 5.38. The van der Waals surface area contributed by atoms with Crippen LogP contribution in [0.1, 0.15) is 11.5 Å². The second kappa shape index (κ2) is 2.92. The van der Waals surface area contributed by atoms with Crippen LogP contribution in [0.25, 0.3) is 0 Å². The highest BCUT2D eigenvalue weighted by Gasteiger charge is 1.98. The number of hydrogen-bond donors (Lipinski definition) is 0. The Labute approximate surface area is 63.1 Å². The van der Waals surface area contributed by atoms with Crippen molar-refractivity contribution in [3.8, 4) is 0 Å². The van der Waals surface area contributed by atoms with Gasteiger partial charge in [-0.05, 0) is 6.92 Å². The third-order valence-electron chi connectivity index (χ3n) is 0.989. The number of nitrogens with zero attached hydrogens (tertiary/aromatic N) is 2. The molecule has 0 aliphatic heterocycles. The highest BCUT2D eigenvalue weighted by molar-refractivity contribution is 6.16. The van der Waals surface area contributed by atoms with Crippen LogP contribution in [0.3, 0.4) is 0 Å². The Morgan fingerprint density at radius 1 is 1.60 bits per heavy atom. The van der Waals surface area contributed by atoms with Gasteiger partial charge in [0.25, 0.3) is 0 Å². The van der Waals surface area contributed by atoms with Crippen LogP contribution in [-0.4, -0.2) is 9.97 Å². The first-order chi connectivity index (χ1) is 4.72. The van der Waals surface area contributed by atoms with Crippen molar-refractivity contribution in [3.05, 3.63) is 23.5 Å². The fraction of sp³-hybridized carbons (Fsp3) is 0.333. The smallest absolute Gasteiger partial charge is 0.216 e. The minimum atomic E-state index is -0.525. The normalized spacial score (nSPS) is 9.90. The summed E-state index contributed by atoms with van der Waals surface area (Å²) in [6.07, 6.45) is 0. The Bertz CT molecular complexity index is 219. The summed E-state index contributed by atoms with van der Waals surface area (Å²) in [6.45, 7) is 1.70. The number of halogens is 2. The van der Waals surface area contributed by atoms with Gasteiger partial charge in [-0.15, -0.1) is 11.6 Å². The average Bonchev–Trinajstić information content (AvgIpc) is 1.85. The van der Waals surface area contributed by atoms with Crippen molar-refractivity contribution in [3.63, 3.8) is 0 Å². The van der Waals surface area contributed by atoms with Gasteiger partial charge in [0.15, 0.2) is 0 Å². The van der Waals surface area contributed by atoms with Crippen LogP contribution in [0.5, 0.6) is 0 Å². The summed E-state index contributed by atoms with van der Waals surface area (Å²) in [4.78, 5) is 7.31. The first-order valence-corrected chi connectivity index (χ1v) is 3.32. The van der Waals surface area contributed by atoms with Gasteiger partial charge in [-0.1, -0.05) is 0 Å². The largest absolute Gasteiger partial charge is 0.237 e. The van der Waals surface area contributed by atoms with Crippen LogP contribution in [0.2, 0.25) is 0 Å². The van der Waals surface area contributed by atoms with E-state index in [1.807, 2.05) is 0 Å². The molecule has 1 aromatic rings. The van der Waals surface area contributed by atoms with E-state index in [0.717, 1.165) is 0 Å². The van der Waals surface area contributed by atoms with Gasteiger partial charge in [0.2, 0.25) is 5.95 Å². The number of hydrogen-bond acceptors (Lipinski definition) is 2. The molecule has 0 fully saturated rings. The first-order valence-electron chi connectivity index (χ1n) is 2.78. The van der Waals surface area contributed by atoms with Crippen LogP contribution in [0.4, 0.5) is 4.39 Å². The van der Waals surface area contributed by atoms with E-state index < -0.39 is 5.95 Å². The maximum atomic E-state index is 12.4. The maximum absolute atomic E-state index is 12.4. The molecule has 0 spiro atoms. The highest BCUT2D eigenvalue weighted by atomic mass is 35.5. The molecule has 0 saturated carbocycles. The van der Waals surface area contributed by atoms with Crippen molar-refractivity contribution in [1.29, 1.82) is 0 Å². The molecule has 0 radical (unpaired) electrons. The van der Waals surface area contributed by atoms with Gasteiger partial charge in [-0.2, -0.15) is 4.39 Å². The van der Waals surface area contributed by atoms with E-state index in [2.05, 4.69) is 9.97 Å². The zero-order valence-corrected chi connectivity index (χ0v) is 6.19. The molecule has 2 nitrogen and oxygen atoms in total. The molecule has 0 amide bonds. The molecule has 0 aliphatic carbocycles. The lowest BCUT2D eigenvalue weighted by Gasteiger charge is -1.94. The van der Waals surface area contributed by atoms with Crippen LogP contribution in [0.15, 0.2) is 6.07 Å². The lowest BCUT2D eigenvalue weighted by molar-refractivity contribution is 0.571. The monoisotopic (exact) mass is 160 g/mol. The van der Waals surface area contributed by atoms with Crippen molar-refractivity contribution < 1.29 is 4.39 Å². The van der Waals surface area contributed by atoms with E-state index in [1.165, 1.54) is 6.07 Å². The van der Waals surface area contributed by atoms with E-state index in [1.54, 1.807) is 6.92 Å². The van der Waals surface area contributed by atoms with Crippen molar-refractivity contribution in [1.82, 2.24) is 9.97 Å². The van der Waals surface area contributed by atoms with Gasteiger partial charge < -0.3 is 0 Å². The molecular weight excluding hydrogens is 155 g/mol. The van der Waals surface area contributed by atoms with E-state index in [9.17, 15) is 4.39 Å². The molecular formula is C6H6ClFN2. The first kappa shape index (κ1) is 7.41. The molecule has 1 aromatic heterocycles. The number of aryl methyl sites for hydroxylation is 1. The van der Waals surface area contributed by atoms with Gasteiger partial charge in [-0.25, -0.2) is 9.97 Å². The quantitative estimate of drug-likeness (QED) is 0.461. The summed E-state index contributed by atoms with van der Waals surface area (Å²) in [7, 11) is 0. The lowest BCUT2D eigenvalue weighted by atomic mass is 10.4. The fourth-order valence-corrected chi connectivity index (χ4v) is 0.768. The van der Waals surface area contributed by atoms with E-state index in [-0.39, 0.29) is 5.88 Å². The molecule has 0 N–H and O–H groups in total. The number of rotatable bonds is 1. The minimum absolute atomic E-state index is 0.151. The Morgan fingerprint density at radius 2 is 2.30 bits per heavy atom. The maximum Gasteiger partial charge on any atom is 0.216 e. The number of aromatic nitrogens is 2. The molecule has 0 unspecified atom stereocenters. The molecule has 4 heteroatoms. The Balaban J connectivity index is 3.06. The molecule has 10 heavy (non-hydrogen) atoms. The van der Waals surface area contributed by atoms with Crippen LogP contribution < -0.4 is 0 Å². The second-order valence-electron chi connectivity index (χ2n) is 1.88. The molecule has 0 aromatic carbocycles. The van der Waals surface area contributed by atoms with E-state index in [4.69, 9.17) is 11.6 Å². The summed E-state index contributed by atoms with van der Waals surface area (Å²) in [6, 6.07) is 1.26. The minimum Gasteiger partial charge on any atom is -0.237 e. The molecule has 54 valence electrons. The van der Waals surface area contributed by atoms with Crippen LogP contribution in [-0.2, 0) is 5.88 Å². The highest BCUT2D eigenvalue weighted by Crippen LogP contribution is 2.00. The van der Waals surface area contributed by atoms with E-state index in [0.29, 0.717) is 11.5 Å². The predicted molar refractivity (Wildman–Crippen MR) is 36.3 cm³/mol. The summed E-state index contributed by atoms with van der Waals surface area (Å²) in [5, 5.41) is 0. The molecule has 0 bridgehead atoms. The van der Waals surface area contributed by atoms with Gasteiger partial charge in [0.05, 0.1) is 5.88 Å². The van der Waals surface area contributed by atoms with Crippen molar-refractivity contribution in [2.24, 2.45) is 0 Å². The SMILES string of the molecule is Cc1cc(F)nc(CCl)n1. The van der Waals surface area contributed by atoms with Crippen LogP contribution >= 0.6 is 11.6 Å². The van der Waals surface area contributed by atoms with Crippen molar-refractivity contribution in [2.45, 2.75) is 12.8 Å². The lowest BCUT2D eigenvalue weighted by Crippen LogP contribution is -1.96. The van der Waals surface area contributed by atoms with Crippen molar-refractivity contribution in [2.75, 3.05) is 0 Å². The number of alkyl halides is 1. The summed E-state index contributed by atoms with van der Waals surface area (Å²) in [5.74, 6) is -0.0409. The standard InChI is InChI=1S/C6H6ClFN2/c1-4-2-5(8)10-6(3-7)9-4/h2H,3H2,1H3. The molecule has 0 aliphatic rings. The van der Waals surface area contributed by atoms with Gasteiger partial charge in [0.1, 0.15) is 5.82 Å². The third-order valence-corrected chi connectivity index (χ3v) is 1.23. The van der Waals surface area contributed by atoms with Gasteiger partial charge in [0, 0.05) is 11.8 Å². The molecule has 1 heterocycles. The zero-order chi connectivity index (χ0) is 7.56. The molecule has 0 saturated heterocycles. The molecule has 0 atom stereocenters. The van der Waals surface area contributed by atoms with E-state index >= 15 is 0 Å². The Kier molecular flexibility index (Phi) is 2.17. The Hall–Kier alpha value is -0.700. The third kappa shape index (κ3) is 1.64. The van der Waals surface area contributed by atoms with Gasteiger partial charge >= 0.3 is 0 Å². The molecule has 1 rings (SSSR count). The zero-order valence-electron chi connectivity index (χ0n) is 5.43. The van der Waals surface area contributed by atoms with Crippen molar-refractivity contribution >= 4 is 11.6 Å². The summed E-state index contributed by atoms with van der Waals surface area (Å²) in [5.41, 5.74) is 0.600. The fourth-order valence-electron chi connectivity index (χ4n) is 0.649. The summed E-state index contributed by atoms with van der Waals surface area (Å²) < 4.78 is 12.4. The average molecular weight is 161 g/mol. The van der Waals surface area contributed by atoms with Crippen LogP contribution in [0, 0.1) is 12.9 Å². The topological polar surface area (TPSA) is 25.8 Å². The second-order valence-corrected chi connectivity index (χ2v) is 2.15.